The number of carbonyl (C=O) groups is 1. The van der Waals surface area contributed by atoms with Gasteiger partial charge in [-0.3, -0.25) is 14.9 Å². The van der Waals surface area contributed by atoms with Crippen LogP contribution in [0.2, 0.25) is 0 Å². The molecule has 6 heteroatoms. The molecule has 0 amide bonds. The Balaban J connectivity index is 2.21. The van der Waals surface area contributed by atoms with Crippen LogP contribution in [0.25, 0.3) is 0 Å². The predicted molar refractivity (Wildman–Crippen MR) is 75.2 cm³/mol. The molecule has 0 saturated carbocycles. The Morgan fingerprint density at radius 1 is 1.55 bits per heavy atom. The van der Waals surface area contributed by atoms with Gasteiger partial charge in [0.25, 0.3) is 5.69 Å². The molecular formula is C14H18N2O4. The smallest absolute Gasteiger partial charge is 0.293 e. The molecular weight excluding hydrogens is 260 g/mol. The molecule has 2 atom stereocenters. The normalized spacial score (nSPS) is 19.6. The standard InChI is InChI=1S/C14H18N2O4/c1-9(14-4-3-7-20-14)15-12-6-5-11(10(2)17)8-13(12)16(18)19/h5-6,8-9,14-15H,3-4,7H2,1-2H3. The Labute approximate surface area is 117 Å². The number of hydrogen-bond acceptors (Lipinski definition) is 5. The number of carbonyl (C=O) groups excluding carboxylic acids is 1. The third kappa shape index (κ3) is 3.14. The molecule has 0 spiro atoms. The summed E-state index contributed by atoms with van der Waals surface area (Å²) in [6, 6.07) is 4.48. The van der Waals surface area contributed by atoms with Crippen molar-refractivity contribution in [1.82, 2.24) is 0 Å². The zero-order valence-corrected chi connectivity index (χ0v) is 11.6. The summed E-state index contributed by atoms with van der Waals surface area (Å²) in [5.74, 6) is -0.188. The van der Waals surface area contributed by atoms with Crippen molar-refractivity contribution in [1.29, 1.82) is 0 Å². The van der Waals surface area contributed by atoms with Crippen LogP contribution in [0.5, 0.6) is 0 Å². The maximum absolute atomic E-state index is 11.3. The fourth-order valence-corrected chi connectivity index (χ4v) is 2.36. The molecule has 2 rings (SSSR count). The summed E-state index contributed by atoms with van der Waals surface area (Å²) in [4.78, 5) is 21.9. The van der Waals surface area contributed by atoms with Crippen molar-refractivity contribution in [2.75, 3.05) is 11.9 Å². The topological polar surface area (TPSA) is 81.5 Å². The van der Waals surface area contributed by atoms with Gasteiger partial charge in [0.2, 0.25) is 0 Å². The Bertz CT molecular complexity index is 524. The monoisotopic (exact) mass is 278 g/mol. The van der Waals surface area contributed by atoms with E-state index in [4.69, 9.17) is 4.74 Å². The van der Waals surface area contributed by atoms with Gasteiger partial charge in [0.1, 0.15) is 5.69 Å². The SMILES string of the molecule is CC(=O)c1ccc(NC(C)C2CCCO2)c([N+](=O)[O-])c1. The van der Waals surface area contributed by atoms with Gasteiger partial charge >= 0.3 is 0 Å². The fourth-order valence-electron chi connectivity index (χ4n) is 2.36. The van der Waals surface area contributed by atoms with Crippen molar-refractivity contribution < 1.29 is 14.5 Å². The number of rotatable bonds is 5. The largest absolute Gasteiger partial charge is 0.376 e. The molecule has 0 radical (unpaired) electrons. The molecule has 1 fully saturated rings. The average molecular weight is 278 g/mol. The van der Waals surface area contributed by atoms with Crippen LogP contribution in [0.15, 0.2) is 18.2 Å². The Morgan fingerprint density at radius 3 is 2.85 bits per heavy atom. The summed E-state index contributed by atoms with van der Waals surface area (Å²) in [5, 5.41) is 14.2. The van der Waals surface area contributed by atoms with Crippen LogP contribution >= 0.6 is 0 Å². The number of benzene rings is 1. The number of hydrogen-bond donors (Lipinski definition) is 1. The highest BCUT2D eigenvalue weighted by atomic mass is 16.6. The summed E-state index contributed by atoms with van der Waals surface area (Å²) in [5.41, 5.74) is 0.678. The predicted octanol–water partition coefficient (Wildman–Crippen LogP) is 2.78. The molecule has 1 aliphatic heterocycles. The summed E-state index contributed by atoms with van der Waals surface area (Å²) in [6.45, 7) is 4.07. The van der Waals surface area contributed by atoms with Crippen LogP contribution < -0.4 is 5.32 Å². The molecule has 1 aliphatic rings. The van der Waals surface area contributed by atoms with Gasteiger partial charge in [-0.2, -0.15) is 0 Å². The van der Waals surface area contributed by atoms with E-state index >= 15 is 0 Å². The van der Waals surface area contributed by atoms with Crippen LogP contribution in [0, 0.1) is 10.1 Å². The van der Waals surface area contributed by atoms with Crippen LogP contribution in [-0.4, -0.2) is 29.5 Å². The zero-order chi connectivity index (χ0) is 14.7. The highest BCUT2D eigenvalue weighted by Gasteiger charge is 2.25. The molecule has 1 N–H and O–H groups in total. The van der Waals surface area contributed by atoms with E-state index in [1.165, 1.54) is 13.0 Å². The third-order valence-electron chi connectivity index (χ3n) is 3.51. The minimum atomic E-state index is -0.475. The van der Waals surface area contributed by atoms with E-state index in [-0.39, 0.29) is 23.6 Å². The molecule has 1 heterocycles. The number of ketones is 1. The number of ether oxygens (including phenoxy) is 1. The van der Waals surface area contributed by atoms with E-state index in [1.807, 2.05) is 6.92 Å². The number of Topliss-reactive ketones (excluding diaryl/α,β-unsaturated/α-hetero) is 1. The minimum Gasteiger partial charge on any atom is -0.376 e. The second kappa shape index (κ2) is 6.00. The zero-order valence-electron chi connectivity index (χ0n) is 11.6. The van der Waals surface area contributed by atoms with Gasteiger partial charge in [0, 0.05) is 24.3 Å². The van der Waals surface area contributed by atoms with Gasteiger partial charge in [-0.05, 0) is 38.8 Å². The van der Waals surface area contributed by atoms with Crippen molar-refractivity contribution >= 4 is 17.2 Å². The molecule has 1 aromatic rings. The molecule has 1 saturated heterocycles. The van der Waals surface area contributed by atoms with E-state index in [0.717, 1.165) is 19.4 Å². The Hall–Kier alpha value is -1.95. The Morgan fingerprint density at radius 2 is 2.30 bits per heavy atom. The van der Waals surface area contributed by atoms with Crippen molar-refractivity contribution in [2.45, 2.75) is 38.8 Å². The first-order valence-corrected chi connectivity index (χ1v) is 6.66. The first kappa shape index (κ1) is 14.5. The van der Waals surface area contributed by atoms with Gasteiger partial charge in [-0.1, -0.05) is 0 Å². The maximum Gasteiger partial charge on any atom is 0.293 e. The fraction of sp³-hybridized carbons (Fsp3) is 0.500. The lowest BCUT2D eigenvalue weighted by Gasteiger charge is -2.21. The third-order valence-corrected chi connectivity index (χ3v) is 3.51. The lowest BCUT2D eigenvalue weighted by atomic mass is 10.1. The number of nitrogens with one attached hydrogen (secondary N) is 1. The van der Waals surface area contributed by atoms with Gasteiger partial charge < -0.3 is 10.1 Å². The van der Waals surface area contributed by atoms with Crippen LogP contribution in [0.3, 0.4) is 0 Å². The van der Waals surface area contributed by atoms with E-state index < -0.39 is 4.92 Å². The minimum absolute atomic E-state index is 0.0145. The number of nitrogens with zero attached hydrogens (tertiary/aromatic N) is 1. The Kier molecular flexibility index (Phi) is 4.34. The molecule has 0 aromatic heterocycles. The summed E-state index contributed by atoms with van der Waals surface area (Å²) < 4.78 is 5.56. The molecule has 0 bridgehead atoms. The molecule has 20 heavy (non-hydrogen) atoms. The van der Waals surface area contributed by atoms with Crippen molar-refractivity contribution in [3.63, 3.8) is 0 Å². The molecule has 6 nitrogen and oxygen atoms in total. The van der Waals surface area contributed by atoms with Crippen LogP contribution in [-0.2, 0) is 4.74 Å². The first-order chi connectivity index (χ1) is 9.49. The van der Waals surface area contributed by atoms with Crippen molar-refractivity contribution in [3.05, 3.63) is 33.9 Å². The lowest BCUT2D eigenvalue weighted by Crippen LogP contribution is -2.30. The van der Waals surface area contributed by atoms with Crippen molar-refractivity contribution in [2.24, 2.45) is 0 Å². The average Bonchev–Trinajstić information content (AvgIpc) is 2.92. The second-order valence-electron chi connectivity index (χ2n) is 5.03. The highest BCUT2D eigenvalue weighted by molar-refractivity contribution is 5.95. The van der Waals surface area contributed by atoms with Gasteiger partial charge in [0.05, 0.1) is 11.0 Å². The lowest BCUT2D eigenvalue weighted by molar-refractivity contribution is -0.384. The van der Waals surface area contributed by atoms with E-state index in [0.29, 0.717) is 11.3 Å². The molecule has 2 unspecified atom stereocenters. The van der Waals surface area contributed by atoms with Gasteiger partial charge in [-0.25, -0.2) is 0 Å². The van der Waals surface area contributed by atoms with Crippen molar-refractivity contribution in [3.8, 4) is 0 Å². The summed E-state index contributed by atoms with van der Waals surface area (Å²) in [6.07, 6.45) is 2.04. The first-order valence-electron chi connectivity index (χ1n) is 6.66. The maximum atomic E-state index is 11.3. The van der Waals surface area contributed by atoms with Gasteiger partial charge in [0.15, 0.2) is 5.78 Å². The summed E-state index contributed by atoms with van der Waals surface area (Å²) >= 11 is 0. The quantitative estimate of drug-likeness (QED) is 0.509. The van der Waals surface area contributed by atoms with E-state index in [9.17, 15) is 14.9 Å². The van der Waals surface area contributed by atoms with E-state index in [2.05, 4.69) is 5.32 Å². The summed E-state index contributed by atoms with van der Waals surface area (Å²) in [7, 11) is 0. The number of nitro benzene ring substituents is 1. The highest BCUT2D eigenvalue weighted by Crippen LogP contribution is 2.28. The van der Waals surface area contributed by atoms with Crippen LogP contribution in [0.4, 0.5) is 11.4 Å². The molecule has 0 aliphatic carbocycles. The molecule has 1 aromatic carbocycles. The number of nitro groups is 1. The number of anilines is 1. The second-order valence-corrected chi connectivity index (χ2v) is 5.03. The van der Waals surface area contributed by atoms with E-state index in [1.54, 1.807) is 12.1 Å². The van der Waals surface area contributed by atoms with Crippen LogP contribution in [0.1, 0.15) is 37.0 Å². The van der Waals surface area contributed by atoms with Gasteiger partial charge in [-0.15, -0.1) is 0 Å². The molecule has 108 valence electrons.